The first-order valence-corrected chi connectivity index (χ1v) is 4.25. The van der Waals surface area contributed by atoms with E-state index in [0.717, 1.165) is 0 Å². The number of nitrogens with one attached hydrogen (secondary N) is 1. The maximum absolute atomic E-state index is 11.2. The van der Waals surface area contributed by atoms with Gasteiger partial charge in [0.1, 0.15) is 11.3 Å². The molecule has 2 rings (SSSR count). The number of rotatable bonds is 1. The van der Waals surface area contributed by atoms with Crippen LogP contribution in [0, 0.1) is 0 Å². The van der Waals surface area contributed by atoms with E-state index in [-0.39, 0.29) is 5.91 Å². The Bertz CT molecular complexity index is 489. The van der Waals surface area contributed by atoms with Crippen molar-refractivity contribution in [2.75, 3.05) is 12.4 Å². The van der Waals surface area contributed by atoms with E-state index in [0.29, 0.717) is 17.0 Å². The SMILES string of the molecule is CNc1cnc2c(ccn2C(C)=O)n1. The highest BCUT2D eigenvalue weighted by Crippen LogP contribution is 2.12. The number of hydrogen-bond acceptors (Lipinski definition) is 4. The Kier molecular flexibility index (Phi) is 1.92. The van der Waals surface area contributed by atoms with E-state index < -0.39 is 0 Å². The van der Waals surface area contributed by atoms with Crippen molar-refractivity contribution in [1.29, 1.82) is 0 Å². The van der Waals surface area contributed by atoms with Crippen molar-refractivity contribution in [2.45, 2.75) is 6.92 Å². The first-order chi connectivity index (χ1) is 6.72. The van der Waals surface area contributed by atoms with Crippen molar-refractivity contribution in [3.8, 4) is 0 Å². The molecule has 0 spiro atoms. The lowest BCUT2D eigenvalue weighted by Gasteiger charge is -1.99. The lowest BCUT2D eigenvalue weighted by molar-refractivity contribution is 0.0941. The first-order valence-electron chi connectivity index (χ1n) is 4.25. The minimum absolute atomic E-state index is 0.0634. The molecule has 2 heterocycles. The highest BCUT2D eigenvalue weighted by Gasteiger charge is 2.06. The molecule has 0 saturated heterocycles. The van der Waals surface area contributed by atoms with Crippen LogP contribution in [0.5, 0.6) is 0 Å². The summed E-state index contributed by atoms with van der Waals surface area (Å²) in [6.45, 7) is 1.49. The van der Waals surface area contributed by atoms with Gasteiger partial charge in [-0.25, -0.2) is 9.97 Å². The van der Waals surface area contributed by atoms with Crippen LogP contribution in [-0.2, 0) is 0 Å². The summed E-state index contributed by atoms with van der Waals surface area (Å²) in [6.07, 6.45) is 3.27. The summed E-state index contributed by atoms with van der Waals surface area (Å²) in [7, 11) is 1.78. The Balaban J connectivity index is 2.65. The zero-order chi connectivity index (χ0) is 10.1. The van der Waals surface area contributed by atoms with Crippen LogP contribution >= 0.6 is 0 Å². The van der Waals surface area contributed by atoms with Crippen molar-refractivity contribution < 1.29 is 4.79 Å². The van der Waals surface area contributed by atoms with E-state index in [1.165, 1.54) is 11.5 Å². The fourth-order valence-electron chi connectivity index (χ4n) is 1.28. The fourth-order valence-corrected chi connectivity index (χ4v) is 1.28. The molecule has 0 aliphatic rings. The van der Waals surface area contributed by atoms with Crippen LogP contribution in [0.2, 0.25) is 0 Å². The smallest absolute Gasteiger partial charge is 0.229 e. The van der Waals surface area contributed by atoms with Crippen LogP contribution in [0.3, 0.4) is 0 Å². The molecule has 14 heavy (non-hydrogen) atoms. The monoisotopic (exact) mass is 190 g/mol. The third-order valence-electron chi connectivity index (χ3n) is 1.98. The van der Waals surface area contributed by atoms with Crippen molar-refractivity contribution in [2.24, 2.45) is 0 Å². The topological polar surface area (TPSA) is 59.8 Å². The summed E-state index contributed by atoms with van der Waals surface area (Å²) < 4.78 is 1.47. The van der Waals surface area contributed by atoms with E-state index in [1.54, 1.807) is 25.5 Å². The van der Waals surface area contributed by atoms with Gasteiger partial charge < -0.3 is 5.32 Å². The van der Waals surface area contributed by atoms with Gasteiger partial charge in [-0.3, -0.25) is 9.36 Å². The molecule has 1 N–H and O–H groups in total. The number of carbonyl (C=O) groups excluding carboxylic acids is 1. The van der Waals surface area contributed by atoms with Gasteiger partial charge in [0.05, 0.1) is 6.20 Å². The molecular formula is C9H10N4O. The molecule has 0 aliphatic heterocycles. The van der Waals surface area contributed by atoms with Gasteiger partial charge in [0.15, 0.2) is 5.65 Å². The molecule has 0 aromatic carbocycles. The van der Waals surface area contributed by atoms with Gasteiger partial charge in [-0.15, -0.1) is 0 Å². The predicted octanol–water partition coefficient (Wildman–Crippen LogP) is 1.13. The zero-order valence-electron chi connectivity index (χ0n) is 7.98. The van der Waals surface area contributed by atoms with Crippen LogP contribution < -0.4 is 5.32 Å². The number of aromatic nitrogens is 3. The van der Waals surface area contributed by atoms with Crippen LogP contribution in [-0.4, -0.2) is 27.5 Å². The molecule has 0 saturated carbocycles. The summed E-state index contributed by atoms with van der Waals surface area (Å²) in [5.41, 5.74) is 1.31. The van der Waals surface area contributed by atoms with Gasteiger partial charge in [0.2, 0.25) is 5.91 Å². The second-order valence-corrected chi connectivity index (χ2v) is 2.92. The van der Waals surface area contributed by atoms with Gasteiger partial charge in [-0.2, -0.15) is 0 Å². The summed E-state index contributed by atoms with van der Waals surface area (Å²) in [4.78, 5) is 19.6. The molecule has 0 radical (unpaired) electrons. The average Bonchev–Trinajstić information content (AvgIpc) is 2.59. The quantitative estimate of drug-likeness (QED) is 0.732. The number of carbonyl (C=O) groups is 1. The van der Waals surface area contributed by atoms with E-state index in [9.17, 15) is 4.79 Å². The number of fused-ring (bicyclic) bond motifs is 1. The molecule has 2 aromatic rings. The Morgan fingerprint density at radius 1 is 1.57 bits per heavy atom. The minimum Gasteiger partial charge on any atom is -0.372 e. The molecule has 5 heteroatoms. The van der Waals surface area contributed by atoms with Crippen LogP contribution in [0.25, 0.3) is 11.2 Å². The Morgan fingerprint density at radius 3 is 3.00 bits per heavy atom. The molecule has 2 aromatic heterocycles. The lowest BCUT2D eigenvalue weighted by Crippen LogP contribution is -2.04. The fraction of sp³-hybridized carbons (Fsp3) is 0.222. The van der Waals surface area contributed by atoms with E-state index in [1.807, 2.05) is 0 Å². The van der Waals surface area contributed by atoms with Crippen molar-refractivity contribution in [3.05, 3.63) is 18.5 Å². The van der Waals surface area contributed by atoms with Crippen LogP contribution in [0.15, 0.2) is 18.5 Å². The van der Waals surface area contributed by atoms with Crippen molar-refractivity contribution >= 4 is 22.9 Å². The third-order valence-corrected chi connectivity index (χ3v) is 1.98. The number of anilines is 1. The van der Waals surface area contributed by atoms with E-state index in [4.69, 9.17) is 0 Å². The largest absolute Gasteiger partial charge is 0.372 e. The van der Waals surface area contributed by atoms with Gasteiger partial charge in [0.25, 0.3) is 0 Å². The summed E-state index contributed by atoms with van der Waals surface area (Å²) in [6, 6.07) is 1.77. The minimum atomic E-state index is -0.0634. The Hall–Kier alpha value is -1.91. The molecule has 0 bridgehead atoms. The summed E-state index contributed by atoms with van der Waals surface area (Å²) >= 11 is 0. The predicted molar refractivity (Wildman–Crippen MR) is 53.4 cm³/mol. The summed E-state index contributed by atoms with van der Waals surface area (Å²) in [5, 5.41) is 2.89. The van der Waals surface area contributed by atoms with Gasteiger partial charge in [0, 0.05) is 20.2 Å². The lowest BCUT2D eigenvalue weighted by atomic mass is 10.5. The van der Waals surface area contributed by atoms with Crippen molar-refractivity contribution in [3.63, 3.8) is 0 Å². The van der Waals surface area contributed by atoms with Crippen molar-refractivity contribution in [1.82, 2.24) is 14.5 Å². The Labute approximate surface area is 80.8 Å². The molecule has 0 amide bonds. The molecule has 0 aliphatic carbocycles. The third kappa shape index (κ3) is 1.22. The molecular weight excluding hydrogens is 180 g/mol. The first kappa shape index (κ1) is 8.68. The standard InChI is InChI=1S/C9H10N4O/c1-6(14)13-4-3-7-9(13)11-5-8(10-2)12-7/h3-5H,1-2H3,(H,10,12). The van der Waals surface area contributed by atoms with Gasteiger partial charge in [-0.1, -0.05) is 0 Å². The van der Waals surface area contributed by atoms with Gasteiger partial charge >= 0.3 is 0 Å². The average molecular weight is 190 g/mol. The second kappa shape index (κ2) is 3.10. The summed E-state index contributed by atoms with van der Waals surface area (Å²) in [5.74, 6) is 0.630. The highest BCUT2D eigenvalue weighted by atomic mass is 16.1. The van der Waals surface area contributed by atoms with E-state index in [2.05, 4.69) is 15.3 Å². The Morgan fingerprint density at radius 2 is 2.36 bits per heavy atom. The molecule has 0 atom stereocenters. The molecule has 0 unspecified atom stereocenters. The molecule has 72 valence electrons. The van der Waals surface area contributed by atoms with E-state index >= 15 is 0 Å². The maximum atomic E-state index is 11.2. The maximum Gasteiger partial charge on any atom is 0.229 e. The van der Waals surface area contributed by atoms with Crippen LogP contribution in [0.1, 0.15) is 11.7 Å². The van der Waals surface area contributed by atoms with Gasteiger partial charge in [-0.05, 0) is 6.07 Å². The second-order valence-electron chi connectivity index (χ2n) is 2.92. The highest BCUT2D eigenvalue weighted by molar-refractivity contribution is 5.87. The van der Waals surface area contributed by atoms with Crippen LogP contribution in [0.4, 0.5) is 5.82 Å². The number of nitrogens with zero attached hydrogens (tertiary/aromatic N) is 3. The molecule has 0 fully saturated rings. The normalized spacial score (nSPS) is 10.4. The zero-order valence-corrected chi connectivity index (χ0v) is 7.98. The molecule has 5 nitrogen and oxygen atoms in total. The number of hydrogen-bond donors (Lipinski definition) is 1.